The number of amides is 1. The highest BCUT2D eigenvalue weighted by atomic mass is 32.2. The number of carbonyl (C=O) groups is 1. The van der Waals surface area contributed by atoms with Gasteiger partial charge in [0.05, 0.1) is 12.9 Å². The van der Waals surface area contributed by atoms with E-state index in [0.717, 1.165) is 51.8 Å². The molecule has 5 aromatic rings. The van der Waals surface area contributed by atoms with Gasteiger partial charge in [-0.05, 0) is 48.5 Å². The molecular formula is C29H27N7O2S2. The van der Waals surface area contributed by atoms with E-state index >= 15 is 0 Å². The standard InChI is InChI=1S/C29H27N7O2S2/c1-38-24-9-7-22(8-10-24)34-15-17-35(18-16-34)28(37)25-19-39-26(31-25)20-40-29-33-32-27(21-11-13-30-14-12-21)36(29)23-5-3-2-4-6-23/h2-14,19H,15-18,20H2,1H3. The summed E-state index contributed by atoms with van der Waals surface area (Å²) in [6.45, 7) is 2.87. The molecular weight excluding hydrogens is 543 g/mol. The lowest BCUT2D eigenvalue weighted by Crippen LogP contribution is -2.48. The first-order chi connectivity index (χ1) is 19.7. The fourth-order valence-electron chi connectivity index (χ4n) is 4.59. The third-order valence-corrected chi connectivity index (χ3v) is 8.66. The maximum absolute atomic E-state index is 13.2. The Morgan fingerprint density at radius 3 is 2.40 bits per heavy atom. The Balaban J connectivity index is 1.11. The summed E-state index contributed by atoms with van der Waals surface area (Å²) in [6.07, 6.45) is 3.50. The average molecular weight is 570 g/mol. The zero-order valence-electron chi connectivity index (χ0n) is 21.9. The molecule has 202 valence electrons. The van der Waals surface area contributed by atoms with Gasteiger partial charge in [-0.15, -0.1) is 21.5 Å². The summed E-state index contributed by atoms with van der Waals surface area (Å²) in [5.74, 6) is 2.16. The number of thiazole rings is 1. The lowest BCUT2D eigenvalue weighted by Gasteiger charge is -2.35. The minimum absolute atomic E-state index is 0.0192. The van der Waals surface area contributed by atoms with Gasteiger partial charge in [0, 0.05) is 60.9 Å². The molecule has 0 bridgehead atoms. The predicted molar refractivity (Wildman–Crippen MR) is 157 cm³/mol. The van der Waals surface area contributed by atoms with Crippen molar-refractivity contribution in [3.63, 3.8) is 0 Å². The molecule has 6 rings (SSSR count). The van der Waals surface area contributed by atoms with Crippen LogP contribution in [0.1, 0.15) is 15.5 Å². The second-order valence-corrected chi connectivity index (χ2v) is 11.0. The van der Waals surface area contributed by atoms with Gasteiger partial charge in [-0.2, -0.15) is 0 Å². The number of hydrogen-bond acceptors (Lipinski definition) is 9. The molecule has 3 aromatic heterocycles. The zero-order chi connectivity index (χ0) is 27.3. The molecule has 1 fully saturated rings. The largest absolute Gasteiger partial charge is 0.497 e. The Morgan fingerprint density at radius 1 is 0.925 bits per heavy atom. The van der Waals surface area contributed by atoms with E-state index in [4.69, 9.17) is 4.74 Å². The molecule has 1 aliphatic rings. The first-order valence-electron chi connectivity index (χ1n) is 12.9. The molecule has 9 nitrogen and oxygen atoms in total. The van der Waals surface area contributed by atoms with E-state index < -0.39 is 0 Å². The number of aromatic nitrogens is 5. The first-order valence-corrected chi connectivity index (χ1v) is 14.7. The Labute approximate surface area is 240 Å². The van der Waals surface area contributed by atoms with Crippen LogP contribution in [-0.2, 0) is 5.75 Å². The number of nitrogens with zero attached hydrogens (tertiary/aromatic N) is 7. The molecule has 1 aliphatic heterocycles. The van der Waals surface area contributed by atoms with Gasteiger partial charge in [-0.25, -0.2) is 4.98 Å². The smallest absolute Gasteiger partial charge is 0.273 e. The third-order valence-electron chi connectivity index (χ3n) is 6.69. The molecule has 40 heavy (non-hydrogen) atoms. The van der Waals surface area contributed by atoms with Crippen LogP contribution in [0, 0.1) is 0 Å². The molecule has 0 radical (unpaired) electrons. The zero-order valence-corrected chi connectivity index (χ0v) is 23.5. The van der Waals surface area contributed by atoms with Crippen molar-refractivity contribution >= 4 is 34.7 Å². The molecule has 4 heterocycles. The number of thioether (sulfide) groups is 1. The summed E-state index contributed by atoms with van der Waals surface area (Å²) in [5.41, 5.74) is 3.55. The number of ether oxygens (including phenoxy) is 1. The summed E-state index contributed by atoms with van der Waals surface area (Å²) in [5, 5.41) is 12.5. The summed E-state index contributed by atoms with van der Waals surface area (Å²) < 4.78 is 7.30. The SMILES string of the molecule is COc1ccc(N2CCN(C(=O)c3csc(CSc4nnc(-c5ccncc5)n4-c4ccccc4)n3)CC2)cc1. The van der Waals surface area contributed by atoms with E-state index in [9.17, 15) is 4.79 Å². The second-order valence-electron chi connectivity index (χ2n) is 9.11. The van der Waals surface area contributed by atoms with Gasteiger partial charge in [0.2, 0.25) is 0 Å². The van der Waals surface area contributed by atoms with E-state index in [1.807, 2.05) is 69.4 Å². The van der Waals surface area contributed by atoms with E-state index in [1.165, 1.54) is 11.3 Å². The normalized spacial score (nSPS) is 13.4. The van der Waals surface area contributed by atoms with E-state index in [2.05, 4.69) is 37.2 Å². The highest BCUT2D eigenvalue weighted by Gasteiger charge is 2.24. The van der Waals surface area contributed by atoms with Crippen LogP contribution in [0.25, 0.3) is 17.1 Å². The molecule has 0 atom stereocenters. The number of pyridine rings is 1. The summed E-state index contributed by atoms with van der Waals surface area (Å²) in [4.78, 5) is 26.2. The minimum Gasteiger partial charge on any atom is -0.497 e. The summed E-state index contributed by atoms with van der Waals surface area (Å²) >= 11 is 3.05. The number of anilines is 1. The van der Waals surface area contributed by atoms with Crippen LogP contribution in [0.3, 0.4) is 0 Å². The lowest BCUT2D eigenvalue weighted by molar-refractivity contribution is 0.0741. The lowest BCUT2D eigenvalue weighted by atomic mass is 10.2. The van der Waals surface area contributed by atoms with E-state index in [0.29, 0.717) is 24.5 Å². The van der Waals surface area contributed by atoms with Crippen LogP contribution >= 0.6 is 23.1 Å². The second kappa shape index (κ2) is 11.9. The van der Waals surface area contributed by atoms with Crippen LogP contribution in [-0.4, -0.2) is 68.8 Å². The molecule has 1 amide bonds. The Bertz CT molecular complexity index is 1570. The van der Waals surface area contributed by atoms with Crippen LogP contribution < -0.4 is 9.64 Å². The molecule has 0 N–H and O–H groups in total. The number of hydrogen-bond donors (Lipinski definition) is 0. The van der Waals surface area contributed by atoms with Crippen LogP contribution in [0.2, 0.25) is 0 Å². The Hall–Kier alpha value is -4.22. The van der Waals surface area contributed by atoms with Crippen molar-refractivity contribution in [3.8, 4) is 22.8 Å². The molecule has 11 heteroatoms. The molecule has 0 saturated carbocycles. The van der Waals surface area contributed by atoms with Crippen molar-refractivity contribution in [3.05, 3.63) is 95.2 Å². The Morgan fingerprint density at radius 2 is 1.68 bits per heavy atom. The quantitative estimate of drug-likeness (QED) is 0.240. The van der Waals surface area contributed by atoms with Crippen molar-refractivity contribution in [2.45, 2.75) is 10.9 Å². The maximum Gasteiger partial charge on any atom is 0.273 e. The van der Waals surface area contributed by atoms with Crippen LogP contribution in [0.15, 0.2) is 89.7 Å². The summed E-state index contributed by atoms with van der Waals surface area (Å²) in [6, 6.07) is 21.9. The topological polar surface area (TPSA) is 89.3 Å². The van der Waals surface area contributed by atoms with Gasteiger partial charge < -0.3 is 14.5 Å². The first kappa shape index (κ1) is 26.0. The highest BCUT2D eigenvalue weighted by Crippen LogP contribution is 2.30. The average Bonchev–Trinajstić information content (AvgIpc) is 3.68. The number of methoxy groups -OCH3 is 1. The summed E-state index contributed by atoms with van der Waals surface area (Å²) in [7, 11) is 1.67. The van der Waals surface area contributed by atoms with Crippen molar-refractivity contribution in [1.82, 2.24) is 29.6 Å². The number of benzene rings is 2. The number of piperazine rings is 1. The van der Waals surface area contributed by atoms with Crippen molar-refractivity contribution < 1.29 is 9.53 Å². The van der Waals surface area contributed by atoms with Gasteiger partial charge in [0.25, 0.3) is 5.91 Å². The van der Waals surface area contributed by atoms with Gasteiger partial charge >= 0.3 is 0 Å². The van der Waals surface area contributed by atoms with Gasteiger partial charge in [0.15, 0.2) is 11.0 Å². The van der Waals surface area contributed by atoms with Gasteiger partial charge in [-0.1, -0.05) is 30.0 Å². The van der Waals surface area contributed by atoms with E-state index in [1.54, 1.807) is 31.3 Å². The van der Waals surface area contributed by atoms with Crippen molar-refractivity contribution in [1.29, 1.82) is 0 Å². The van der Waals surface area contributed by atoms with Crippen LogP contribution in [0.4, 0.5) is 5.69 Å². The number of para-hydroxylation sites is 1. The molecule has 2 aromatic carbocycles. The molecule has 0 spiro atoms. The number of carbonyl (C=O) groups excluding carboxylic acids is 1. The molecule has 0 aliphatic carbocycles. The highest BCUT2D eigenvalue weighted by molar-refractivity contribution is 7.98. The Kier molecular flexibility index (Phi) is 7.73. The van der Waals surface area contributed by atoms with E-state index in [-0.39, 0.29) is 5.91 Å². The third kappa shape index (κ3) is 5.56. The molecule has 0 unspecified atom stereocenters. The maximum atomic E-state index is 13.2. The van der Waals surface area contributed by atoms with Gasteiger partial charge in [0.1, 0.15) is 16.5 Å². The fourth-order valence-corrected chi connectivity index (χ4v) is 6.32. The minimum atomic E-state index is -0.0192. The number of rotatable bonds is 8. The monoisotopic (exact) mass is 569 g/mol. The van der Waals surface area contributed by atoms with Crippen LogP contribution in [0.5, 0.6) is 5.75 Å². The van der Waals surface area contributed by atoms with Crippen molar-refractivity contribution in [2.24, 2.45) is 0 Å². The fraction of sp³-hybridized carbons (Fsp3) is 0.207. The van der Waals surface area contributed by atoms with Crippen molar-refractivity contribution in [2.75, 3.05) is 38.2 Å². The van der Waals surface area contributed by atoms with Gasteiger partial charge in [-0.3, -0.25) is 14.3 Å². The molecule has 1 saturated heterocycles. The predicted octanol–water partition coefficient (Wildman–Crippen LogP) is 5.05.